The van der Waals surface area contributed by atoms with Gasteiger partial charge < -0.3 is 5.32 Å². The lowest BCUT2D eigenvalue weighted by atomic mass is 9.96. The Hall–Kier alpha value is -0.680. The topological polar surface area (TPSA) is 50.7 Å². The van der Waals surface area contributed by atoms with Crippen LogP contribution in [0.2, 0.25) is 0 Å². The van der Waals surface area contributed by atoms with Gasteiger partial charge in [0.05, 0.1) is 0 Å². The molecule has 4 nitrogen and oxygen atoms in total. The molecule has 0 amide bonds. The summed E-state index contributed by atoms with van der Waals surface area (Å²) in [5.41, 5.74) is 0.110. The largest absolute Gasteiger partial charge is 0.310 e. The van der Waals surface area contributed by atoms with E-state index >= 15 is 0 Å². The second kappa shape index (κ2) is 7.05. The Morgan fingerprint density at radius 1 is 1.10 bits per heavy atom. The van der Waals surface area contributed by atoms with Gasteiger partial charge in [0.15, 0.2) is 5.16 Å². The Labute approximate surface area is 134 Å². The molecule has 0 saturated heterocycles. The fourth-order valence-electron chi connectivity index (χ4n) is 2.22. The Morgan fingerprint density at radius 2 is 1.71 bits per heavy atom. The van der Waals surface area contributed by atoms with Crippen molar-refractivity contribution in [3.05, 3.63) is 12.2 Å². The highest BCUT2D eigenvalue weighted by atomic mass is 32.2. The molecule has 0 aliphatic heterocycles. The summed E-state index contributed by atoms with van der Waals surface area (Å²) in [4.78, 5) is 13.2. The Morgan fingerprint density at radius 3 is 2.24 bits per heavy atom. The minimum absolute atomic E-state index is 0.0391. The number of hydrogen-bond acceptors (Lipinski definition) is 5. The summed E-state index contributed by atoms with van der Waals surface area (Å²) in [5, 5.41) is 4.89. The summed E-state index contributed by atoms with van der Waals surface area (Å²) >= 11 is 1.73. The first-order valence-corrected chi connectivity index (χ1v) is 8.49. The molecule has 0 aliphatic rings. The van der Waals surface area contributed by atoms with E-state index in [0.29, 0.717) is 11.3 Å². The standard InChI is InChI=1S/C16H30N4S/c1-11(20-16(6,7)8)9-12(2)21-14-18-10-17-13(19-14)15(3,4)5/h10-12,20H,9H2,1-8H3. The van der Waals surface area contributed by atoms with E-state index in [1.807, 2.05) is 0 Å². The first kappa shape index (κ1) is 18.4. The van der Waals surface area contributed by atoms with E-state index in [4.69, 9.17) is 0 Å². The van der Waals surface area contributed by atoms with Crippen LogP contribution in [0.3, 0.4) is 0 Å². The van der Waals surface area contributed by atoms with E-state index < -0.39 is 0 Å². The monoisotopic (exact) mass is 310 g/mol. The smallest absolute Gasteiger partial charge is 0.191 e. The van der Waals surface area contributed by atoms with Crippen molar-refractivity contribution in [1.82, 2.24) is 20.3 Å². The lowest BCUT2D eigenvalue weighted by molar-refractivity contribution is 0.360. The van der Waals surface area contributed by atoms with Crippen molar-refractivity contribution in [2.24, 2.45) is 0 Å². The molecule has 1 rings (SSSR count). The zero-order chi connectivity index (χ0) is 16.3. The summed E-state index contributed by atoms with van der Waals surface area (Å²) < 4.78 is 0. The molecule has 1 aromatic rings. The average molecular weight is 311 g/mol. The minimum Gasteiger partial charge on any atom is -0.310 e. The number of hydrogen-bond donors (Lipinski definition) is 1. The van der Waals surface area contributed by atoms with Gasteiger partial charge in [0, 0.05) is 22.2 Å². The summed E-state index contributed by atoms with van der Waals surface area (Å²) in [6, 6.07) is 0.469. The molecule has 2 unspecified atom stereocenters. The Balaban J connectivity index is 2.61. The highest BCUT2D eigenvalue weighted by molar-refractivity contribution is 7.99. The molecule has 5 heteroatoms. The lowest BCUT2D eigenvalue weighted by Gasteiger charge is -2.27. The van der Waals surface area contributed by atoms with Crippen LogP contribution >= 0.6 is 11.8 Å². The molecule has 1 aromatic heterocycles. The number of aromatic nitrogens is 3. The second-order valence-corrected chi connectivity index (χ2v) is 9.21. The van der Waals surface area contributed by atoms with Gasteiger partial charge in [-0.05, 0) is 34.1 Å². The highest BCUT2D eigenvalue weighted by Gasteiger charge is 2.20. The van der Waals surface area contributed by atoms with Crippen molar-refractivity contribution in [1.29, 1.82) is 0 Å². The molecule has 1 heterocycles. The maximum absolute atomic E-state index is 4.59. The highest BCUT2D eigenvalue weighted by Crippen LogP contribution is 2.25. The number of nitrogens with zero attached hydrogens (tertiary/aromatic N) is 3. The van der Waals surface area contributed by atoms with Crippen molar-refractivity contribution in [2.75, 3.05) is 0 Å². The van der Waals surface area contributed by atoms with Crippen LogP contribution in [0.25, 0.3) is 0 Å². The van der Waals surface area contributed by atoms with Crippen LogP contribution in [-0.2, 0) is 5.41 Å². The Kier molecular flexibility index (Phi) is 6.17. The van der Waals surface area contributed by atoms with Crippen molar-refractivity contribution < 1.29 is 0 Å². The van der Waals surface area contributed by atoms with Crippen molar-refractivity contribution in [2.45, 2.75) is 89.2 Å². The molecular formula is C16H30N4S. The third kappa shape index (κ3) is 7.23. The normalized spacial score (nSPS) is 15.8. The number of rotatable bonds is 5. The van der Waals surface area contributed by atoms with Crippen LogP contribution in [0.5, 0.6) is 0 Å². The number of nitrogens with one attached hydrogen (secondary N) is 1. The van der Waals surface area contributed by atoms with Crippen LogP contribution in [0.4, 0.5) is 0 Å². The summed E-state index contributed by atoms with van der Waals surface area (Å²) in [5.74, 6) is 0.855. The molecule has 2 atom stereocenters. The van der Waals surface area contributed by atoms with E-state index in [-0.39, 0.29) is 11.0 Å². The van der Waals surface area contributed by atoms with Crippen molar-refractivity contribution in [3.63, 3.8) is 0 Å². The van der Waals surface area contributed by atoms with Crippen molar-refractivity contribution >= 4 is 11.8 Å². The maximum Gasteiger partial charge on any atom is 0.191 e. The molecule has 1 N–H and O–H groups in total. The SMILES string of the molecule is CC(CC(C)Sc1ncnc(C(C)(C)C)n1)NC(C)(C)C. The first-order chi connectivity index (χ1) is 9.47. The molecule has 21 heavy (non-hydrogen) atoms. The molecule has 0 saturated carbocycles. The van der Waals surface area contributed by atoms with Gasteiger partial charge >= 0.3 is 0 Å². The second-order valence-electron chi connectivity index (χ2n) is 7.80. The van der Waals surface area contributed by atoms with Gasteiger partial charge in [-0.25, -0.2) is 15.0 Å². The van der Waals surface area contributed by atoms with Crippen LogP contribution < -0.4 is 5.32 Å². The molecule has 120 valence electrons. The van der Waals surface area contributed by atoms with Gasteiger partial charge in [-0.1, -0.05) is 39.5 Å². The molecule has 0 aromatic carbocycles. The zero-order valence-electron chi connectivity index (χ0n) is 14.7. The van der Waals surface area contributed by atoms with Gasteiger partial charge in [0.25, 0.3) is 0 Å². The molecule has 0 fully saturated rings. The number of thioether (sulfide) groups is 1. The molecular weight excluding hydrogens is 280 g/mol. The van der Waals surface area contributed by atoms with Gasteiger partial charge in [-0.2, -0.15) is 0 Å². The third-order valence-electron chi connectivity index (χ3n) is 2.89. The predicted molar refractivity (Wildman–Crippen MR) is 90.8 cm³/mol. The minimum atomic E-state index is -0.0391. The quantitative estimate of drug-likeness (QED) is 0.838. The summed E-state index contributed by atoms with van der Waals surface area (Å²) in [6.07, 6.45) is 2.71. The van der Waals surface area contributed by atoms with E-state index in [0.717, 1.165) is 17.4 Å². The van der Waals surface area contributed by atoms with E-state index in [9.17, 15) is 0 Å². The predicted octanol–water partition coefficient (Wildman–Crippen LogP) is 3.82. The zero-order valence-corrected chi connectivity index (χ0v) is 15.5. The van der Waals surface area contributed by atoms with Crippen LogP contribution in [0, 0.1) is 0 Å². The van der Waals surface area contributed by atoms with Gasteiger partial charge in [-0.15, -0.1) is 0 Å². The van der Waals surface area contributed by atoms with E-state index in [1.54, 1.807) is 18.1 Å². The fourth-order valence-corrected chi connectivity index (χ4v) is 3.22. The Bertz CT molecular complexity index is 448. The van der Waals surface area contributed by atoms with Crippen LogP contribution in [-0.4, -0.2) is 31.8 Å². The third-order valence-corrected chi connectivity index (χ3v) is 3.89. The molecule has 0 spiro atoms. The average Bonchev–Trinajstić information content (AvgIpc) is 2.24. The summed E-state index contributed by atoms with van der Waals surface area (Å²) in [6.45, 7) is 17.4. The van der Waals surface area contributed by atoms with Gasteiger partial charge in [0.2, 0.25) is 0 Å². The fraction of sp³-hybridized carbons (Fsp3) is 0.812. The lowest BCUT2D eigenvalue weighted by Crippen LogP contribution is -2.43. The van der Waals surface area contributed by atoms with E-state index in [2.05, 4.69) is 75.7 Å². The van der Waals surface area contributed by atoms with E-state index in [1.165, 1.54) is 0 Å². The first-order valence-electron chi connectivity index (χ1n) is 7.61. The van der Waals surface area contributed by atoms with Crippen LogP contribution in [0.15, 0.2) is 11.5 Å². The van der Waals surface area contributed by atoms with Gasteiger partial charge in [0.1, 0.15) is 12.2 Å². The van der Waals surface area contributed by atoms with Crippen molar-refractivity contribution in [3.8, 4) is 0 Å². The molecule has 0 aliphatic carbocycles. The molecule has 0 bridgehead atoms. The van der Waals surface area contributed by atoms with Crippen LogP contribution in [0.1, 0.15) is 67.6 Å². The van der Waals surface area contributed by atoms with Gasteiger partial charge in [-0.3, -0.25) is 0 Å². The maximum atomic E-state index is 4.59. The summed E-state index contributed by atoms with van der Waals surface area (Å²) in [7, 11) is 0. The molecule has 0 radical (unpaired) electrons.